The smallest absolute Gasteiger partial charge is 0.106 e. The Morgan fingerprint density at radius 1 is 1.26 bits per heavy atom. The first kappa shape index (κ1) is 11.5. The SMILES string of the molecule is Cc1nc2cc(CNC3CCC3)ccc2n1C1CC1. The standard InChI is InChI=1S/C16H21N3/c1-11-18-15-9-12(10-17-13-3-2-4-13)5-8-16(15)19(11)14-6-7-14/h5,8-9,13-14,17H,2-4,6-7,10H2,1H3. The van der Waals surface area contributed by atoms with Crippen molar-refractivity contribution in [3.63, 3.8) is 0 Å². The lowest BCUT2D eigenvalue weighted by Crippen LogP contribution is -2.34. The third-order valence-electron chi connectivity index (χ3n) is 4.54. The van der Waals surface area contributed by atoms with Crippen molar-refractivity contribution in [2.75, 3.05) is 0 Å². The maximum atomic E-state index is 4.73. The maximum Gasteiger partial charge on any atom is 0.106 e. The number of benzene rings is 1. The van der Waals surface area contributed by atoms with Gasteiger partial charge >= 0.3 is 0 Å². The molecule has 2 fully saturated rings. The van der Waals surface area contributed by atoms with E-state index < -0.39 is 0 Å². The van der Waals surface area contributed by atoms with Crippen molar-refractivity contribution in [2.24, 2.45) is 0 Å². The van der Waals surface area contributed by atoms with Crippen LogP contribution in [0, 0.1) is 6.92 Å². The van der Waals surface area contributed by atoms with E-state index in [0.717, 1.165) is 18.1 Å². The van der Waals surface area contributed by atoms with E-state index in [4.69, 9.17) is 4.98 Å². The minimum absolute atomic E-state index is 0.712. The highest BCUT2D eigenvalue weighted by Crippen LogP contribution is 2.38. The van der Waals surface area contributed by atoms with Gasteiger partial charge < -0.3 is 9.88 Å². The second-order valence-corrected chi connectivity index (χ2v) is 6.09. The van der Waals surface area contributed by atoms with Gasteiger partial charge in [0.25, 0.3) is 0 Å². The number of nitrogens with one attached hydrogen (secondary N) is 1. The van der Waals surface area contributed by atoms with Gasteiger partial charge in [0.15, 0.2) is 0 Å². The molecule has 1 aromatic carbocycles. The summed E-state index contributed by atoms with van der Waals surface area (Å²) in [7, 11) is 0. The number of rotatable bonds is 4. The van der Waals surface area contributed by atoms with Gasteiger partial charge in [-0.25, -0.2) is 4.98 Å². The first-order valence-corrected chi connectivity index (χ1v) is 7.52. The van der Waals surface area contributed by atoms with Gasteiger partial charge in [-0.15, -0.1) is 0 Å². The molecule has 3 nitrogen and oxygen atoms in total. The number of imidazole rings is 1. The predicted molar refractivity (Wildman–Crippen MR) is 77.2 cm³/mol. The number of nitrogens with zero attached hydrogens (tertiary/aromatic N) is 2. The Balaban J connectivity index is 1.60. The molecular weight excluding hydrogens is 234 g/mol. The van der Waals surface area contributed by atoms with E-state index in [0.29, 0.717) is 6.04 Å². The zero-order valence-electron chi connectivity index (χ0n) is 11.5. The summed E-state index contributed by atoms with van der Waals surface area (Å²) in [6.07, 6.45) is 6.71. The van der Waals surface area contributed by atoms with Crippen LogP contribution in [0.4, 0.5) is 0 Å². The molecule has 1 N–H and O–H groups in total. The largest absolute Gasteiger partial charge is 0.325 e. The maximum absolute atomic E-state index is 4.73. The normalized spacial score (nSPS) is 19.8. The van der Waals surface area contributed by atoms with Crippen LogP contribution in [-0.4, -0.2) is 15.6 Å². The summed E-state index contributed by atoms with van der Waals surface area (Å²) in [5.41, 5.74) is 3.84. The van der Waals surface area contributed by atoms with Crippen LogP contribution in [0.3, 0.4) is 0 Å². The molecule has 1 aromatic heterocycles. The van der Waals surface area contributed by atoms with E-state index in [1.54, 1.807) is 0 Å². The summed E-state index contributed by atoms with van der Waals surface area (Å²) in [6.45, 7) is 3.11. The number of aromatic nitrogens is 2. The molecule has 1 heterocycles. The lowest BCUT2D eigenvalue weighted by Gasteiger charge is -2.26. The molecule has 0 unspecified atom stereocenters. The van der Waals surface area contributed by atoms with Crippen molar-refractivity contribution in [2.45, 2.75) is 57.7 Å². The minimum Gasteiger partial charge on any atom is -0.325 e. The van der Waals surface area contributed by atoms with Gasteiger partial charge in [-0.3, -0.25) is 0 Å². The number of hydrogen-bond donors (Lipinski definition) is 1. The predicted octanol–water partition coefficient (Wildman–Crippen LogP) is 3.32. The molecule has 2 aliphatic rings. The Morgan fingerprint density at radius 2 is 2.11 bits per heavy atom. The molecule has 0 spiro atoms. The molecule has 4 rings (SSSR count). The van der Waals surface area contributed by atoms with Crippen LogP contribution in [0.25, 0.3) is 11.0 Å². The van der Waals surface area contributed by atoms with Gasteiger partial charge in [-0.05, 0) is 50.3 Å². The Bertz CT molecular complexity index is 606. The molecule has 0 atom stereocenters. The summed E-state index contributed by atoms with van der Waals surface area (Å²) in [5.74, 6) is 1.17. The Hall–Kier alpha value is -1.35. The van der Waals surface area contributed by atoms with Gasteiger partial charge in [-0.1, -0.05) is 12.5 Å². The molecule has 2 aliphatic carbocycles. The van der Waals surface area contributed by atoms with E-state index in [9.17, 15) is 0 Å². The first-order valence-electron chi connectivity index (χ1n) is 7.52. The zero-order valence-corrected chi connectivity index (χ0v) is 11.5. The number of aryl methyl sites for hydroxylation is 1. The van der Waals surface area contributed by atoms with Crippen LogP contribution in [0.1, 0.15) is 49.5 Å². The summed E-state index contributed by atoms with van der Waals surface area (Å²) in [6, 6.07) is 8.23. The summed E-state index contributed by atoms with van der Waals surface area (Å²) < 4.78 is 2.42. The lowest BCUT2D eigenvalue weighted by molar-refractivity contribution is 0.338. The van der Waals surface area contributed by atoms with Crippen molar-refractivity contribution in [1.29, 1.82) is 0 Å². The van der Waals surface area contributed by atoms with Crippen molar-refractivity contribution in [1.82, 2.24) is 14.9 Å². The van der Waals surface area contributed by atoms with E-state index in [1.807, 2.05) is 0 Å². The van der Waals surface area contributed by atoms with Gasteiger partial charge in [0.05, 0.1) is 11.0 Å². The Morgan fingerprint density at radius 3 is 2.79 bits per heavy atom. The van der Waals surface area contributed by atoms with E-state index >= 15 is 0 Å². The average Bonchev–Trinajstić information content (AvgIpc) is 3.10. The molecular formula is C16H21N3. The quantitative estimate of drug-likeness (QED) is 0.908. The molecule has 0 saturated heterocycles. The number of hydrogen-bond acceptors (Lipinski definition) is 2. The Kier molecular flexibility index (Phi) is 2.62. The molecule has 0 radical (unpaired) electrons. The highest BCUT2D eigenvalue weighted by Gasteiger charge is 2.26. The van der Waals surface area contributed by atoms with Crippen molar-refractivity contribution in [3.8, 4) is 0 Å². The van der Waals surface area contributed by atoms with Crippen LogP contribution >= 0.6 is 0 Å². The van der Waals surface area contributed by atoms with E-state index in [2.05, 4.69) is 35.0 Å². The summed E-state index contributed by atoms with van der Waals surface area (Å²) in [4.78, 5) is 4.73. The minimum atomic E-state index is 0.712. The fourth-order valence-corrected chi connectivity index (χ4v) is 3.04. The summed E-state index contributed by atoms with van der Waals surface area (Å²) >= 11 is 0. The van der Waals surface area contributed by atoms with E-state index in [-0.39, 0.29) is 0 Å². The van der Waals surface area contributed by atoms with Gasteiger partial charge in [0.2, 0.25) is 0 Å². The highest BCUT2D eigenvalue weighted by atomic mass is 15.1. The Labute approximate surface area is 114 Å². The fourth-order valence-electron chi connectivity index (χ4n) is 3.04. The van der Waals surface area contributed by atoms with Crippen molar-refractivity contribution in [3.05, 3.63) is 29.6 Å². The van der Waals surface area contributed by atoms with Gasteiger partial charge in [-0.2, -0.15) is 0 Å². The topological polar surface area (TPSA) is 29.9 Å². The van der Waals surface area contributed by atoms with Gasteiger partial charge in [0.1, 0.15) is 5.82 Å². The molecule has 0 aliphatic heterocycles. The van der Waals surface area contributed by atoms with Crippen LogP contribution < -0.4 is 5.32 Å². The van der Waals surface area contributed by atoms with Crippen LogP contribution in [0.15, 0.2) is 18.2 Å². The fraction of sp³-hybridized carbons (Fsp3) is 0.562. The van der Waals surface area contributed by atoms with Crippen molar-refractivity contribution < 1.29 is 0 Å². The van der Waals surface area contributed by atoms with Crippen molar-refractivity contribution >= 4 is 11.0 Å². The molecule has 2 aromatic rings. The first-order chi connectivity index (χ1) is 9.31. The third kappa shape index (κ3) is 2.06. The molecule has 19 heavy (non-hydrogen) atoms. The third-order valence-corrected chi connectivity index (χ3v) is 4.54. The molecule has 100 valence electrons. The van der Waals surface area contributed by atoms with Crippen LogP contribution in [-0.2, 0) is 6.54 Å². The zero-order chi connectivity index (χ0) is 12.8. The molecule has 0 bridgehead atoms. The highest BCUT2D eigenvalue weighted by molar-refractivity contribution is 5.77. The molecule has 2 saturated carbocycles. The van der Waals surface area contributed by atoms with Crippen LogP contribution in [0.2, 0.25) is 0 Å². The van der Waals surface area contributed by atoms with E-state index in [1.165, 1.54) is 49.0 Å². The van der Waals surface area contributed by atoms with Gasteiger partial charge in [0, 0.05) is 18.6 Å². The number of fused-ring (bicyclic) bond motifs is 1. The second kappa shape index (κ2) is 4.34. The van der Waals surface area contributed by atoms with Crippen LogP contribution in [0.5, 0.6) is 0 Å². The molecule has 0 amide bonds. The summed E-state index contributed by atoms with van der Waals surface area (Å²) in [5, 5.41) is 3.62. The average molecular weight is 255 g/mol. The second-order valence-electron chi connectivity index (χ2n) is 6.09. The lowest BCUT2D eigenvalue weighted by atomic mass is 9.93. The monoisotopic (exact) mass is 255 g/mol. The molecule has 3 heteroatoms.